The number of anilines is 1. The van der Waals surface area contributed by atoms with E-state index in [9.17, 15) is 9.59 Å². The Labute approximate surface area is 126 Å². The fourth-order valence-electron chi connectivity index (χ4n) is 2.41. The number of morpholine rings is 1. The van der Waals surface area contributed by atoms with Crippen LogP contribution in [0.5, 0.6) is 0 Å². The number of nitrogens with one attached hydrogen (secondary N) is 1. The number of aliphatic hydroxyl groups excluding tert-OH is 1. The number of ether oxygens (including phenoxy) is 1. The normalized spacial score (nSPS) is 21.7. The number of aliphatic hydroxyl groups is 1. The van der Waals surface area contributed by atoms with E-state index in [0.29, 0.717) is 36.7 Å². The van der Waals surface area contributed by atoms with Gasteiger partial charge in [-0.2, -0.15) is 0 Å². The van der Waals surface area contributed by atoms with Crippen LogP contribution in [0.1, 0.15) is 10.4 Å². The second-order valence-corrected chi connectivity index (χ2v) is 5.99. The molecule has 2 N–H and O–H groups in total. The number of carbonyl (C=O) groups excluding carboxylic acids is 2. The minimum absolute atomic E-state index is 0.0520. The number of thioether (sulfide) groups is 1. The van der Waals surface area contributed by atoms with Gasteiger partial charge in [-0.05, 0) is 18.2 Å². The molecule has 2 aliphatic heterocycles. The van der Waals surface area contributed by atoms with Gasteiger partial charge in [-0.1, -0.05) is 0 Å². The number of fused-ring (bicyclic) bond motifs is 1. The summed E-state index contributed by atoms with van der Waals surface area (Å²) in [5, 5.41) is 11.9. The molecule has 2 heterocycles. The van der Waals surface area contributed by atoms with Gasteiger partial charge in [0.1, 0.15) is 0 Å². The van der Waals surface area contributed by atoms with Gasteiger partial charge in [0.25, 0.3) is 5.91 Å². The molecule has 3 rings (SSSR count). The first kappa shape index (κ1) is 14.4. The van der Waals surface area contributed by atoms with E-state index in [-0.39, 0.29) is 24.5 Å². The van der Waals surface area contributed by atoms with E-state index < -0.39 is 0 Å². The van der Waals surface area contributed by atoms with E-state index in [0.717, 1.165) is 4.90 Å². The van der Waals surface area contributed by atoms with Crippen molar-refractivity contribution in [2.24, 2.45) is 0 Å². The number of hydrogen-bond acceptors (Lipinski definition) is 5. The number of carbonyl (C=O) groups is 2. The summed E-state index contributed by atoms with van der Waals surface area (Å²) in [5.41, 5.74) is 1.23. The molecule has 2 amide bonds. The van der Waals surface area contributed by atoms with Crippen LogP contribution in [0, 0.1) is 0 Å². The zero-order valence-electron chi connectivity index (χ0n) is 11.4. The van der Waals surface area contributed by atoms with Crippen molar-refractivity contribution in [3.8, 4) is 0 Å². The summed E-state index contributed by atoms with van der Waals surface area (Å²) in [4.78, 5) is 26.6. The SMILES string of the molecule is O=C1CSc2ccc(C(=O)N3CCOC(CO)C3)cc2N1. The molecule has 6 nitrogen and oxygen atoms in total. The highest BCUT2D eigenvalue weighted by molar-refractivity contribution is 8.00. The topological polar surface area (TPSA) is 78.9 Å². The minimum Gasteiger partial charge on any atom is -0.394 e. The summed E-state index contributed by atoms with van der Waals surface area (Å²) < 4.78 is 5.34. The van der Waals surface area contributed by atoms with Crippen LogP contribution in [0.25, 0.3) is 0 Å². The first-order chi connectivity index (χ1) is 10.2. The molecule has 112 valence electrons. The lowest BCUT2D eigenvalue weighted by molar-refractivity contribution is -0.113. The third kappa shape index (κ3) is 3.04. The fraction of sp³-hybridized carbons (Fsp3) is 0.429. The molecule has 21 heavy (non-hydrogen) atoms. The van der Waals surface area contributed by atoms with Gasteiger partial charge in [0.2, 0.25) is 5.91 Å². The maximum absolute atomic E-state index is 12.5. The monoisotopic (exact) mass is 308 g/mol. The summed E-state index contributed by atoms with van der Waals surface area (Å²) in [7, 11) is 0. The highest BCUT2D eigenvalue weighted by Crippen LogP contribution is 2.32. The van der Waals surface area contributed by atoms with Gasteiger partial charge in [0.15, 0.2) is 0 Å². The molecule has 0 saturated carbocycles. The molecule has 1 unspecified atom stereocenters. The number of benzene rings is 1. The fourth-order valence-corrected chi connectivity index (χ4v) is 3.20. The third-order valence-corrected chi connectivity index (χ3v) is 4.56. The van der Waals surface area contributed by atoms with E-state index in [2.05, 4.69) is 5.32 Å². The number of amides is 2. The maximum Gasteiger partial charge on any atom is 0.254 e. The molecule has 7 heteroatoms. The van der Waals surface area contributed by atoms with Crippen molar-refractivity contribution in [2.45, 2.75) is 11.0 Å². The zero-order chi connectivity index (χ0) is 14.8. The lowest BCUT2D eigenvalue weighted by atomic mass is 10.1. The van der Waals surface area contributed by atoms with Crippen molar-refractivity contribution in [1.82, 2.24) is 4.90 Å². The van der Waals surface area contributed by atoms with Crippen LogP contribution in [0.3, 0.4) is 0 Å². The highest BCUT2D eigenvalue weighted by atomic mass is 32.2. The zero-order valence-corrected chi connectivity index (χ0v) is 12.2. The Bertz CT molecular complexity index is 578. The Kier molecular flexibility index (Phi) is 4.14. The second-order valence-electron chi connectivity index (χ2n) is 4.97. The van der Waals surface area contributed by atoms with Gasteiger partial charge in [-0.3, -0.25) is 9.59 Å². The summed E-state index contributed by atoms with van der Waals surface area (Å²) in [6, 6.07) is 5.34. The van der Waals surface area contributed by atoms with Crippen molar-refractivity contribution in [1.29, 1.82) is 0 Å². The minimum atomic E-state index is -0.324. The smallest absolute Gasteiger partial charge is 0.254 e. The van der Waals surface area contributed by atoms with Crippen LogP contribution in [-0.2, 0) is 9.53 Å². The van der Waals surface area contributed by atoms with Gasteiger partial charge in [0, 0.05) is 23.5 Å². The molecular formula is C14H16N2O4S. The Morgan fingerprint density at radius 2 is 2.38 bits per heavy atom. The van der Waals surface area contributed by atoms with Gasteiger partial charge in [-0.25, -0.2) is 0 Å². The van der Waals surface area contributed by atoms with Crippen molar-refractivity contribution in [3.63, 3.8) is 0 Å². The van der Waals surface area contributed by atoms with E-state index >= 15 is 0 Å². The Morgan fingerprint density at radius 3 is 3.19 bits per heavy atom. The van der Waals surface area contributed by atoms with Crippen molar-refractivity contribution in [3.05, 3.63) is 23.8 Å². The van der Waals surface area contributed by atoms with Gasteiger partial charge >= 0.3 is 0 Å². The lowest BCUT2D eigenvalue weighted by Gasteiger charge is -2.32. The van der Waals surface area contributed by atoms with E-state index in [1.54, 1.807) is 17.0 Å². The Balaban J connectivity index is 1.78. The van der Waals surface area contributed by atoms with Crippen LogP contribution in [0.4, 0.5) is 5.69 Å². The molecule has 1 aromatic carbocycles. The summed E-state index contributed by atoms with van der Waals surface area (Å²) in [6.07, 6.45) is -0.324. The molecule has 0 spiro atoms. The summed E-state index contributed by atoms with van der Waals surface area (Å²) in [6.45, 7) is 1.22. The van der Waals surface area contributed by atoms with Gasteiger partial charge < -0.3 is 20.1 Å². The first-order valence-electron chi connectivity index (χ1n) is 6.76. The first-order valence-corrected chi connectivity index (χ1v) is 7.74. The lowest BCUT2D eigenvalue weighted by Crippen LogP contribution is -2.46. The van der Waals surface area contributed by atoms with E-state index in [1.807, 2.05) is 6.07 Å². The van der Waals surface area contributed by atoms with E-state index in [1.165, 1.54) is 11.8 Å². The van der Waals surface area contributed by atoms with Crippen LogP contribution in [0.2, 0.25) is 0 Å². The van der Waals surface area contributed by atoms with Crippen LogP contribution < -0.4 is 5.32 Å². The average molecular weight is 308 g/mol. The molecular weight excluding hydrogens is 292 g/mol. The largest absolute Gasteiger partial charge is 0.394 e. The highest BCUT2D eigenvalue weighted by Gasteiger charge is 2.25. The van der Waals surface area contributed by atoms with Crippen LogP contribution in [0.15, 0.2) is 23.1 Å². The molecule has 0 radical (unpaired) electrons. The van der Waals surface area contributed by atoms with Crippen molar-refractivity contribution < 1.29 is 19.4 Å². The molecule has 0 bridgehead atoms. The van der Waals surface area contributed by atoms with Gasteiger partial charge in [-0.15, -0.1) is 11.8 Å². The second kappa shape index (κ2) is 6.05. The molecule has 1 aromatic rings. The maximum atomic E-state index is 12.5. The van der Waals surface area contributed by atoms with Gasteiger partial charge in [0.05, 0.1) is 30.8 Å². The van der Waals surface area contributed by atoms with E-state index in [4.69, 9.17) is 9.84 Å². The van der Waals surface area contributed by atoms with Crippen LogP contribution in [-0.4, -0.2) is 60.0 Å². The Hall–Kier alpha value is -1.57. The molecule has 1 atom stereocenters. The third-order valence-electron chi connectivity index (χ3n) is 3.49. The molecule has 1 saturated heterocycles. The van der Waals surface area contributed by atoms with Crippen molar-refractivity contribution in [2.75, 3.05) is 37.4 Å². The number of nitrogens with zero attached hydrogens (tertiary/aromatic N) is 1. The summed E-state index contributed by atoms with van der Waals surface area (Å²) in [5.74, 6) is 0.246. The molecule has 0 aromatic heterocycles. The molecule has 0 aliphatic carbocycles. The average Bonchev–Trinajstić information content (AvgIpc) is 2.53. The standard InChI is InChI=1S/C14H16N2O4S/c17-7-10-6-16(3-4-20-10)14(19)9-1-2-12-11(5-9)15-13(18)8-21-12/h1-2,5,10,17H,3-4,6-8H2,(H,15,18). The number of hydrogen-bond donors (Lipinski definition) is 2. The number of rotatable bonds is 2. The predicted octanol–water partition coefficient (Wildman–Crippen LogP) is 0.564. The van der Waals surface area contributed by atoms with Crippen molar-refractivity contribution >= 4 is 29.3 Å². The summed E-state index contributed by atoms with van der Waals surface area (Å²) >= 11 is 1.47. The predicted molar refractivity (Wildman–Crippen MR) is 78.5 cm³/mol. The molecule has 1 fully saturated rings. The quantitative estimate of drug-likeness (QED) is 0.835. The van der Waals surface area contributed by atoms with Crippen LogP contribution >= 0.6 is 11.8 Å². The molecule has 2 aliphatic rings. The Morgan fingerprint density at radius 1 is 1.52 bits per heavy atom.